The lowest BCUT2D eigenvalue weighted by Crippen LogP contribution is -2.51. The van der Waals surface area contributed by atoms with E-state index >= 15 is 0 Å². The van der Waals surface area contributed by atoms with Gasteiger partial charge in [-0.05, 0) is 25.3 Å². The van der Waals surface area contributed by atoms with Gasteiger partial charge < -0.3 is 20.8 Å². The van der Waals surface area contributed by atoms with E-state index < -0.39 is 24.1 Å². The Hall–Kier alpha value is -2.08. The molecule has 4 N–H and O–H groups in total. The predicted molar refractivity (Wildman–Crippen MR) is 74.4 cm³/mol. The summed E-state index contributed by atoms with van der Waals surface area (Å²) < 4.78 is 0. The third-order valence-electron chi connectivity index (χ3n) is 2.81. The van der Waals surface area contributed by atoms with Crippen molar-refractivity contribution in [3.63, 3.8) is 0 Å². The Morgan fingerprint density at radius 1 is 1.25 bits per heavy atom. The molecular weight excluding hydrogens is 260 g/mol. The highest BCUT2D eigenvalue weighted by Gasteiger charge is 2.24. The molecule has 1 rings (SSSR count). The van der Waals surface area contributed by atoms with Crippen molar-refractivity contribution in [2.45, 2.75) is 31.9 Å². The molecule has 2 amide bonds. The van der Waals surface area contributed by atoms with Crippen molar-refractivity contribution < 1.29 is 19.8 Å². The van der Waals surface area contributed by atoms with Gasteiger partial charge in [0, 0.05) is 6.54 Å². The molecule has 0 saturated carbocycles. The fraction of sp³-hybridized carbons (Fsp3) is 0.429. The number of amides is 2. The van der Waals surface area contributed by atoms with Crippen molar-refractivity contribution in [1.82, 2.24) is 10.6 Å². The van der Waals surface area contributed by atoms with E-state index in [-0.39, 0.29) is 0 Å². The Bertz CT molecular complexity index is 434. The quantitative estimate of drug-likeness (QED) is 0.554. The summed E-state index contributed by atoms with van der Waals surface area (Å²) in [5.41, 5.74) is 1.18. The molecule has 6 heteroatoms. The topological polar surface area (TPSA) is 98.7 Å². The number of benzene rings is 1. The number of aliphatic hydroxyl groups is 1. The van der Waals surface area contributed by atoms with E-state index in [1.54, 1.807) is 0 Å². The van der Waals surface area contributed by atoms with Crippen molar-refractivity contribution in [2.24, 2.45) is 0 Å². The summed E-state index contributed by atoms with van der Waals surface area (Å²) in [5, 5.41) is 22.8. The number of carboxylic acid groups (broad SMARTS) is 1. The monoisotopic (exact) mass is 280 g/mol. The first-order valence-electron chi connectivity index (χ1n) is 6.50. The van der Waals surface area contributed by atoms with Crippen LogP contribution in [-0.2, 0) is 11.2 Å². The van der Waals surface area contributed by atoms with Gasteiger partial charge in [-0.25, -0.2) is 9.59 Å². The minimum atomic E-state index is -1.30. The molecule has 0 heterocycles. The van der Waals surface area contributed by atoms with Crippen LogP contribution in [0.5, 0.6) is 0 Å². The maximum absolute atomic E-state index is 11.5. The Labute approximate surface area is 117 Å². The average molecular weight is 280 g/mol. The van der Waals surface area contributed by atoms with E-state index in [4.69, 9.17) is 5.11 Å². The van der Waals surface area contributed by atoms with Crippen LogP contribution in [0.3, 0.4) is 0 Å². The van der Waals surface area contributed by atoms with Crippen molar-refractivity contribution >= 4 is 12.0 Å². The highest BCUT2D eigenvalue weighted by Crippen LogP contribution is 2.01. The first kappa shape index (κ1) is 16.0. The summed E-state index contributed by atoms with van der Waals surface area (Å²) >= 11 is 0. The van der Waals surface area contributed by atoms with Crippen LogP contribution >= 0.6 is 0 Å². The molecule has 0 spiro atoms. The number of rotatable bonds is 7. The lowest BCUT2D eigenvalue weighted by atomic mass is 10.1. The lowest BCUT2D eigenvalue weighted by molar-refractivity contribution is -0.141. The van der Waals surface area contributed by atoms with Gasteiger partial charge in [0.2, 0.25) is 0 Å². The summed E-state index contributed by atoms with van der Waals surface area (Å²) in [6, 6.07) is 7.97. The van der Waals surface area contributed by atoms with Crippen molar-refractivity contribution in [3.8, 4) is 0 Å². The van der Waals surface area contributed by atoms with Crippen LogP contribution in [-0.4, -0.2) is 40.9 Å². The number of carbonyl (C=O) groups excluding carboxylic acids is 1. The molecule has 2 atom stereocenters. The van der Waals surface area contributed by atoms with E-state index in [9.17, 15) is 14.7 Å². The minimum absolute atomic E-state index is 0.437. The molecule has 0 saturated heterocycles. The van der Waals surface area contributed by atoms with Crippen LogP contribution < -0.4 is 10.6 Å². The number of aliphatic hydroxyl groups excluding tert-OH is 1. The fourth-order valence-electron chi connectivity index (χ4n) is 1.72. The molecular formula is C14H20N2O4. The first-order chi connectivity index (χ1) is 9.50. The predicted octanol–water partition coefficient (Wildman–Crippen LogP) is 0.752. The summed E-state index contributed by atoms with van der Waals surface area (Å²) in [7, 11) is 0. The van der Waals surface area contributed by atoms with E-state index in [0.29, 0.717) is 6.54 Å². The van der Waals surface area contributed by atoms with E-state index in [1.165, 1.54) is 12.5 Å². The third kappa shape index (κ3) is 5.71. The van der Waals surface area contributed by atoms with Gasteiger partial charge in [-0.2, -0.15) is 0 Å². The Morgan fingerprint density at radius 3 is 2.45 bits per heavy atom. The normalized spacial score (nSPS) is 13.3. The van der Waals surface area contributed by atoms with E-state index in [1.807, 2.05) is 30.3 Å². The SMILES string of the molecule is C[C@@H](O)[C@H](NC(=O)NCCCc1ccccc1)C(=O)O. The Kier molecular flexibility index (Phi) is 6.52. The summed E-state index contributed by atoms with van der Waals surface area (Å²) in [5.74, 6) is -1.26. The molecule has 0 unspecified atom stereocenters. The third-order valence-corrected chi connectivity index (χ3v) is 2.81. The molecule has 0 aromatic heterocycles. The molecule has 0 aliphatic heterocycles. The van der Waals surface area contributed by atoms with Gasteiger partial charge in [0.1, 0.15) is 0 Å². The van der Waals surface area contributed by atoms with Crippen LogP contribution in [0.4, 0.5) is 4.79 Å². The molecule has 20 heavy (non-hydrogen) atoms. The molecule has 0 bridgehead atoms. The highest BCUT2D eigenvalue weighted by molar-refractivity contribution is 5.82. The Morgan fingerprint density at radius 2 is 1.90 bits per heavy atom. The van der Waals surface area contributed by atoms with E-state index in [0.717, 1.165) is 12.8 Å². The molecule has 0 aliphatic carbocycles. The van der Waals surface area contributed by atoms with Crippen LogP contribution in [0, 0.1) is 0 Å². The molecule has 1 aromatic carbocycles. The molecule has 0 fully saturated rings. The van der Waals surface area contributed by atoms with Gasteiger partial charge in [0.05, 0.1) is 6.10 Å². The first-order valence-corrected chi connectivity index (χ1v) is 6.50. The number of aryl methyl sites for hydroxylation is 1. The summed E-state index contributed by atoms with van der Waals surface area (Å²) in [6.45, 7) is 1.75. The number of carbonyl (C=O) groups is 2. The number of hydrogen-bond acceptors (Lipinski definition) is 3. The zero-order chi connectivity index (χ0) is 15.0. The van der Waals surface area contributed by atoms with Crippen LogP contribution in [0.15, 0.2) is 30.3 Å². The molecule has 110 valence electrons. The fourth-order valence-corrected chi connectivity index (χ4v) is 1.72. The largest absolute Gasteiger partial charge is 0.480 e. The number of nitrogens with one attached hydrogen (secondary N) is 2. The van der Waals surface area contributed by atoms with Gasteiger partial charge in [-0.3, -0.25) is 0 Å². The van der Waals surface area contributed by atoms with Crippen molar-refractivity contribution in [2.75, 3.05) is 6.54 Å². The maximum Gasteiger partial charge on any atom is 0.328 e. The average Bonchev–Trinajstić information content (AvgIpc) is 2.41. The summed E-state index contributed by atoms with van der Waals surface area (Å²) in [6.07, 6.45) is 0.437. The van der Waals surface area contributed by atoms with Crippen molar-refractivity contribution in [3.05, 3.63) is 35.9 Å². The van der Waals surface area contributed by atoms with Crippen molar-refractivity contribution in [1.29, 1.82) is 0 Å². The molecule has 0 aliphatic rings. The summed E-state index contributed by atoms with van der Waals surface area (Å²) in [4.78, 5) is 22.3. The number of carboxylic acids is 1. The number of hydrogen-bond donors (Lipinski definition) is 4. The van der Waals surface area contributed by atoms with Gasteiger partial charge in [-0.1, -0.05) is 30.3 Å². The zero-order valence-electron chi connectivity index (χ0n) is 11.4. The van der Waals surface area contributed by atoms with E-state index in [2.05, 4.69) is 10.6 Å². The second kappa shape index (κ2) is 8.16. The highest BCUT2D eigenvalue weighted by atomic mass is 16.4. The number of aliphatic carboxylic acids is 1. The van der Waals surface area contributed by atoms with Gasteiger partial charge >= 0.3 is 12.0 Å². The van der Waals surface area contributed by atoms with Gasteiger partial charge in [0.15, 0.2) is 6.04 Å². The smallest absolute Gasteiger partial charge is 0.328 e. The van der Waals surface area contributed by atoms with Gasteiger partial charge in [0.25, 0.3) is 0 Å². The van der Waals surface area contributed by atoms with Gasteiger partial charge in [-0.15, -0.1) is 0 Å². The number of urea groups is 1. The second-order valence-corrected chi connectivity index (χ2v) is 4.55. The zero-order valence-corrected chi connectivity index (χ0v) is 11.4. The van der Waals surface area contributed by atoms with Crippen LogP contribution in [0.2, 0.25) is 0 Å². The minimum Gasteiger partial charge on any atom is -0.480 e. The Balaban J connectivity index is 2.24. The molecule has 1 aromatic rings. The van der Waals surface area contributed by atoms with Crippen LogP contribution in [0.25, 0.3) is 0 Å². The molecule has 0 radical (unpaired) electrons. The second-order valence-electron chi connectivity index (χ2n) is 4.55. The standard InChI is InChI=1S/C14H20N2O4/c1-10(17)12(13(18)19)16-14(20)15-9-5-8-11-6-3-2-4-7-11/h2-4,6-7,10,12,17H,5,8-9H2,1H3,(H,18,19)(H2,15,16,20)/t10-,12+/m1/s1. The maximum atomic E-state index is 11.5. The molecule has 6 nitrogen and oxygen atoms in total. The lowest BCUT2D eigenvalue weighted by Gasteiger charge is -2.17. The van der Waals surface area contributed by atoms with Crippen LogP contribution in [0.1, 0.15) is 18.9 Å².